The van der Waals surface area contributed by atoms with Gasteiger partial charge in [0, 0.05) is 44.4 Å². The summed E-state index contributed by atoms with van der Waals surface area (Å²) < 4.78 is 4.75. The Morgan fingerprint density at radius 3 is 2.23 bits per heavy atom. The summed E-state index contributed by atoms with van der Waals surface area (Å²) in [5.74, 6) is 0.697. The lowest BCUT2D eigenvalue weighted by Gasteiger charge is -2.18. The number of hydrogen-bond donors (Lipinski definition) is 0. The lowest BCUT2D eigenvalue weighted by atomic mass is 10.0. The summed E-state index contributed by atoms with van der Waals surface area (Å²) in [6, 6.07) is 37.7. The van der Waals surface area contributed by atoms with Gasteiger partial charge in [0.1, 0.15) is 11.4 Å². The van der Waals surface area contributed by atoms with Crippen LogP contribution in [0.2, 0.25) is 0 Å². The number of benzene rings is 5. The standard InChI is InChI=1S/C43H33N5/c1-3-15-31(16-4-1)47-37-20-10-8-17-32(37)34-26-30(22-23-39(34)47)41-42-36(19-5-2-12-24-44-42)45-43(46-41)48-38-21-11-9-18-33(38)35-25-28-13-6-7-14-29(28)27-40(35)48/h1,3-4,6-11,13-15,17-18,20-27,31H,2,5,12,16,19H2. The molecule has 0 saturated carbocycles. The van der Waals surface area contributed by atoms with Crippen LogP contribution in [0.3, 0.4) is 0 Å². The van der Waals surface area contributed by atoms with E-state index in [1.165, 1.54) is 43.4 Å². The number of nitrogens with zero attached hydrogens (tertiary/aromatic N) is 5. The molecule has 10 rings (SSSR count). The average Bonchev–Trinajstić information content (AvgIpc) is 3.63. The molecule has 0 spiro atoms. The highest BCUT2D eigenvalue weighted by Crippen LogP contribution is 2.41. The zero-order valence-electron chi connectivity index (χ0n) is 26.6. The fourth-order valence-electron chi connectivity index (χ4n) is 7.92. The Morgan fingerprint density at radius 1 is 0.625 bits per heavy atom. The van der Waals surface area contributed by atoms with Gasteiger partial charge in [-0.2, -0.15) is 0 Å². The predicted octanol–water partition coefficient (Wildman–Crippen LogP) is 11.0. The van der Waals surface area contributed by atoms with E-state index in [0.29, 0.717) is 5.95 Å². The second-order valence-corrected chi connectivity index (χ2v) is 13.0. The lowest BCUT2D eigenvalue weighted by Crippen LogP contribution is -2.08. The van der Waals surface area contributed by atoms with Crippen LogP contribution < -0.4 is 0 Å². The Morgan fingerprint density at radius 2 is 1.38 bits per heavy atom. The van der Waals surface area contributed by atoms with E-state index in [2.05, 4.69) is 143 Å². The second kappa shape index (κ2) is 10.9. The van der Waals surface area contributed by atoms with Crippen molar-refractivity contribution >= 4 is 66.3 Å². The first-order chi connectivity index (χ1) is 23.8. The highest BCUT2D eigenvalue weighted by atomic mass is 15.2. The van der Waals surface area contributed by atoms with Crippen LogP contribution in [-0.4, -0.2) is 25.3 Å². The smallest absolute Gasteiger partial charge is 0.235 e. The van der Waals surface area contributed by atoms with E-state index >= 15 is 0 Å². The van der Waals surface area contributed by atoms with Gasteiger partial charge in [-0.05, 0) is 79.3 Å². The van der Waals surface area contributed by atoms with Crippen LogP contribution in [0, 0.1) is 0 Å². The fraction of sp³-hybridized carbons (Fsp3) is 0.140. The van der Waals surface area contributed by atoms with Crippen LogP contribution in [0.5, 0.6) is 0 Å². The Labute approximate surface area is 278 Å². The van der Waals surface area contributed by atoms with Gasteiger partial charge < -0.3 is 4.57 Å². The van der Waals surface area contributed by atoms with Crippen LogP contribution in [0.1, 0.15) is 37.4 Å². The summed E-state index contributed by atoms with van der Waals surface area (Å²) in [6.45, 7) is 0. The quantitative estimate of drug-likeness (QED) is 0.198. The first-order valence-electron chi connectivity index (χ1n) is 17.0. The molecule has 2 aliphatic rings. The van der Waals surface area contributed by atoms with Crippen molar-refractivity contribution in [1.82, 2.24) is 19.1 Å². The summed E-state index contributed by atoms with van der Waals surface area (Å²) in [5.41, 5.74) is 8.57. The van der Waals surface area contributed by atoms with E-state index in [4.69, 9.17) is 15.0 Å². The van der Waals surface area contributed by atoms with Crippen LogP contribution in [0.25, 0.3) is 71.6 Å². The zero-order valence-corrected chi connectivity index (χ0v) is 26.6. The third-order valence-corrected chi connectivity index (χ3v) is 10.2. The number of aryl methyl sites for hydroxylation is 1. The van der Waals surface area contributed by atoms with Gasteiger partial charge in [-0.25, -0.2) is 9.97 Å². The molecule has 230 valence electrons. The number of hydrogen-bond acceptors (Lipinski definition) is 3. The number of rotatable bonds is 3. The van der Waals surface area contributed by atoms with Gasteiger partial charge in [-0.3, -0.25) is 9.56 Å². The molecule has 4 heterocycles. The molecule has 0 saturated heterocycles. The topological polar surface area (TPSA) is 48.0 Å². The normalized spacial score (nSPS) is 16.3. The van der Waals surface area contributed by atoms with Gasteiger partial charge in [-0.1, -0.05) is 91.0 Å². The van der Waals surface area contributed by atoms with Crippen LogP contribution in [0.15, 0.2) is 132 Å². The number of fused-ring (bicyclic) bond motifs is 8. The van der Waals surface area contributed by atoms with Gasteiger partial charge in [-0.15, -0.1) is 0 Å². The van der Waals surface area contributed by atoms with Gasteiger partial charge >= 0.3 is 0 Å². The van der Waals surface area contributed by atoms with Crippen molar-refractivity contribution in [3.63, 3.8) is 0 Å². The molecular weight excluding hydrogens is 587 g/mol. The van der Waals surface area contributed by atoms with Gasteiger partial charge in [0.2, 0.25) is 5.95 Å². The molecule has 5 nitrogen and oxygen atoms in total. The maximum absolute atomic E-state index is 5.45. The van der Waals surface area contributed by atoms with Crippen molar-refractivity contribution in [2.24, 2.45) is 4.99 Å². The zero-order chi connectivity index (χ0) is 31.6. The molecule has 0 amide bonds. The van der Waals surface area contributed by atoms with Gasteiger partial charge in [0.15, 0.2) is 0 Å². The number of aliphatic imine (C=N–C) groups is 1. The maximum atomic E-state index is 5.45. The number of allylic oxidation sites excluding steroid dienone is 4. The molecule has 5 aromatic carbocycles. The van der Waals surface area contributed by atoms with E-state index in [0.717, 1.165) is 65.8 Å². The molecule has 0 fully saturated rings. The fourth-order valence-corrected chi connectivity index (χ4v) is 7.92. The van der Waals surface area contributed by atoms with Crippen LogP contribution >= 0.6 is 0 Å². The molecule has 0 bridgehead atoms. The molecular formula is C43H33N5. The third-order valence-electron chi connectivity index (χ3n) is 10.2. The summed E-state index contributed by atoms with van der Waals surface area (Å²) in [7, 11) is 0. The van der Waals surface area contributed by atoms with Crippen molar-refractivity contribution < 1.29 is 0 Å². The maximum Gasteiger partial charge on any atom is 0.235 e. The summed E-state index contributed by atoms with van der Waals surface area (Å²) in [6.07, 6.45) is 15.9. The van der Waals surface area contributed by atoms with Gasteiger partial charge in [0.25, 0.3) is 0 Å². The SMILES string of the molecule is C1=CCC(n2c3ccccc3c3cc(-c4nc(-n5c6ccccc6c6cc7ccccc7cc65)nc5c4N=CCCCC5)ccc32)C=C1. The van der Waals surface area contributed by atoms with Crippen molar-refractivity contribution in [1.29, 1.82) is 0 Å². The Bertz CT molecular complexity index is 2670. The Balaban J connectivity index is 1.25. The molecule has 0 N–H and O–H groups in total. The van der Waals surface area contributed by atoms with E-state index < -0.39 is 0 Å². The molecule has 1 aliphatic heterocycles. The Hall–Kier alpha value is -5.81. The van der Waals surface area contributed by atoms with Crippen molar-refractivity contribution in [3.8, 4) is 17.2 Å². The minimum Gasteiger partial charge on any atom is -0.333 e. The van der Waals surface area contributed by atoms with Crippen molar-refractivity contribution in [3.05, 3.63) is 133 Å². The van der Waals surface area contributed by atoms with Gasteiger partial charge in [0.05, 0.1) is 22.8 Å². The number of aromatic nitrogens is 4. The third kappa shape index (κ3) is 4.20. The minimum absolute atomic E-state index is 0.282. The average molecular weight is 620 g/mol. The molecule has 48 heavy (non-hydrogen) atoms. The van der Waals surface area contributed by atoms with E-state index in [9.17, 15) is 0 Å². The Kier molecular flexibility index (Phi) is 6.19. The first kappa shape index (κ1) is 27.3. The molecule has 1 unspecified atom stereocenters. The van der Waals surface area contributed by atoms with E-state index in [1.54, 1.807) is 0 Å². The van der Waals surface area contributed by atoms with Crippen LogP contribution in [0.4, 0.5) is 5.69 Å². The number of para-hydroxylation sites is 2. The summed E-state index contributed by atoms with van der Waals surface area (Å²) >= 11 is 0. The highest BCUT2D eigenvalue weighted by Gasteiger charge is 2.23. The largest absolute Gasteiger partial charge is 0.333 e. The molecule has 3 aromatic heterocycles. The monoisotopic (exact) mass is 619 g/mol. The molecule has 1 atom stereocenters. The summed E-state index contributed by atoms with van der Waals surface area (Å²) in [4.78, 5) is 15.8. The van der Waals surface area contributed by atoms with E-state index in [1.807, 2.05) is 0 Å². The predicted molar refractivity (Wildman–Crippen MR) is 200 cm³/mol. The highest BCUT2D eigenvalue weighted by molar-refractivity contribution is 6.13. The lowest BCUT2D eigenvalue weighted by molar-refractivity contribution is 0.648. The minimum atomic E-state index is 0.282. The summed E-state index contributed by atoms with van der Waals surface area (Å²) in [5, 5.41) is 7.34. The molecule has 8 aromatic rings. The first-order valence-corrected chi connectivity index (χ1v) is 17.0. The second-order valence-electron chi connectivity index (χ2n) is 13.0. The van der Waals surface area contributed by atoms with Crippen molar-refractivity contribution in [2.75, 3.05) is 0 Å². The van der Waals surface area contributed by atoms with Crippen LogP contribution in [-0.2, 0) is 6.42 Å². The van der Waals surface area contributed by atoms with Crippen molar-refractivity contribution in [2.45, 2.75) is 38.1 Å². The molecule has 1 aliphatic carbocycles. The van der Waals surface area contributed by atoms with E-state index in [-0.39, 0.29) is 6.04 Å². The molecule has 0 radical (unpaired) electrons. The molecule has 5 heteroatoms.